The highest BCUT2D eigenvalue weighted by Crippen LogP contribution is 2.30. The lowest BCUT2D eigenvalue weighted by atomic mass is 9.90. The zero-order valence-electron chi connectivity index (χ0n) is 16.2. The van der Waals surface area contributed by atoms with Crippen LogP contribution in [0.4, 0.5) is 0 Å². The Morgan fingerprint density at radius 1 is 1.18 bits per heavy atom. The van der Waals surface area contributed by atoms with Crippen LogP contribution in [-0.2, 0) is 7.05 Å². The van der Waals surface area contributed by atoms with Gasteiger partial charge in [-0.15, -0.1) is 0 Å². The molecule has 6 heteroatoms. The SMILES string of the molecule is Cc1ccc(-c2ccc(C(=O)N3CCC(C(O)c4nccn4C)CC3)cc2)o1. The summed E-state index contributed by atoms with van der Waals surface area (Å²) in [5, 5.41) is 10.6. The summed E-state index contributed by atoms with van der Waals surface area (Å²) in [6, 6.07) is 11.4. The molecule has 0 aliphatic carbocycles. The van der Waals surface area contributed by atoms with Crippen molar-refractivity contribution >= 4 is 5.91 Å². The van der Waals surface area contributed by atoms with Crippen molar-refractivity contribution in [1.82, 2.24) is 14.5 Å². The minimum absolute atomic E-state index is 0.0344. The van der Waals surface area contributed by atoms with Crippen LogP contribution in [0.25, 0.3) is 11.3 Å². The maximum Gasteiger partial charge on any atom is 0.253 e. The third-order valence-corrected chi connectivity index (χ3v) is 5.55. The van der Waals surface area contributed by atoms with Crippen molar-refractivity contribution in [2.75, 3.05) is 13.1 Å². The van der Waals surface area contributed by atoms with Gasteiger partial charge >= 0.3 is 0 Å². The largest absolute Gasteiger partial charge is 0.461 e. The molecule has 1 aliphatic heterocycles. The molecule has 3 aromatic rings. The van der Waals surface area contributed by atoms with Crippen molar-refractivity contribution in [2.24, 2.45) is 13.0 Å². The number of imidazole rings is 1. The third kappa shape index (κ3) is 3.60. The summed E-state index contributed by atoms with van der Waals surface area (Å²) in [6.45, 7) is 3.20. The first-order valence-corrected chi connectivity index (χ1v) is 9.64. The Morgan fingerprint density at radius 2 is 1.89 bits per heavy atom. The van der Waals surface area contributed by atoms with Gasteiger partial charge in [0.15, 0.2) is 0 Å². The van der Waals surface area contributed by atoms with Crippen molar-refractivity contribution < 1.29 is 14.3 Å². The molecule has 146 valence electrons. The van der Waals surface area contributed by atoms with E-state index in [0.29, 0.717) is 24.5 Å². The normalized spacial score (nSPS) is 16.3. The lowest BCUT2D eigenvalue weighted by Gasteiger charge is -2.34. The fraction of sp³-hybridized carbons (Fsp3) is 0.364. The van der Waals surface area contributed by atoms with Crippen molar-refractivity contribution in [3.05, 3.63) is 65.9 Å². The number of likely N-dealkylation sites (tertiary alicyclic amines) is 1. The Bertz CT molecular complexity index is 950. The van der Waals surface area contributed by atoms with Crippen molar-refractivity contribution in [3.8, 4) is 11.3 Å². The molecule has 1 fully saturated rings. The molecule has 0 bridgehead atoms. The summed E-state index contributed by atoms with van der Waals surface area (Å²) >= 11 is 0. The average molecular weight is 379 g/mol. The highest BCUT2D eigenvalue weighted by molar-refractivity contribution is 5.94. The molecular weight excluding hydrogens is 354 g/mol. The summed E-state index contributed by atoms with van der Waals surface area (Å²) in [7, 11) is 1.89. The van der Waals surface area contributed by atoms with E-state index in [4.69, 9.17) is 4.42 Å². The van der Waals surface area contributed by atoms with Gasteiger partial charge in [-0.05, 0) is 49.9 Å². The number of nitrogens with zero attached hydrogens (tertiary/aromatic N) is 3. The number of aryl methyl sites for hydroxylation is 2. The fourth-order valence-electron chi connectivity index (χ4n) is 3.84. The number of aliphatic hydroxyl groups is 1. The van der Waals surface area contributed by atoms with E-state index in [-0.39, 0.29) is 11.8 Å². The molecule has 1 aromatic carbocycles. The van der Waals surface area contributed by atoms with E-state index >= 15 is 0 Å². The van der Waals surface area contributed by atoms with Crippen LogP contribution in [0.3, 0.4) is 0 Å². The molecule has 1 atom stereocenters. The molecule has 0 radical (unpaired) electrons. The first-order chi connectivity index (χ1) is 13.5. The summed E-state index contributed by atoms with van der Waals surface area (Å²) in [5.41, 5.74) is 1.64. The molecule has 6 nitrogen and oxygen atoms in total. The van der Waals surface area contributed by atoms with Crippen LogP contribution in [0.5, 0.6) is 0 Å². The number of carbonyl (C=O) groups is 1. The average Bonchev–Trinajstić information content (AvgIpc) is 3.35. The molecule has 4 rings (SSSR count). The van der Waals surface area contributed by atoms with Crippen LogP contribution in [-0.4, -0.2) is 38.6 Å². The Balaban J connectivity index is 1.38. The highest BCUT2D eigenvalue weighted by Gasteiger charge is 2.30. The molecule has 1 saturated heterocycles. The van der Waals surface area contributed by atoms with Crippen LogP contribution < -0.4 is 0 Å². The monoisotopic (exact) mass is 379 g/mol. The van der Waals surface area contributed by atoms with E-state index < -0.39 is 6.10 Å². The van der Waals surface area contributed by atoms with Gasteiger partial charge in [0.25, 0.3) is 5.91 Å². The van der Waals surface area contributed by atoms with Crippen molar-refractivity contribution in [3.63, 3.8) is 0 Å². The standard InChI is InChI=1S/C22H25N3O3/c1-15-3-8-19(28-15)16-4-6-18(7-5-16)22(27)25-12-9-17(10-13-25)20(26)21-23-11-14-24(21)2/h3-8,11,14,17,20,26H,9-10,12-13H2,1-2H3. The summed E-state index contributed by atoms with van der Waals surface area (Å²) in [4.78, 5) is 19.0. The predicted octanol–water partition coefficient (Wildman–Crippen LogP) is 3.57. The number of piperidine rings is 1. The number of aliphatic hydroxyl groups excluding tert-OH is 1. The second-order valence-electron chi connectivity index (χ2n) is 7.46. The maximum atomic E-state index is 12.8. The Hall–Kier alpha value is -2.86. The van der Waals surface area contributed by atoms with Crippen molar-refractivity contribution in [2.45, 2.75) is 25.9 Å². The molecule has 3 heterocycles. The Kier molecular flexibility index (Phi) is 5.05. The zero-order chi connectivity index (χ0) is 19.7. The highest BCUT2D eigenvalue weighted by atomic mass is 16.3. The lowest BCUT2D eigenvalue weighted by molar-refractivity contribution is 0.0420. The van der Waals surface area contributed by atoms with E-state index in [1.807, 2.05) is 66.0 Å². The number of hydrogen-bond donors (Lipinski definition) is 1. The van der Waals surface area contributed by atoms with Gasteiger partial charge in [-0.3, -0.25) is 4.79 Å². The molecule has 0 spiro atoms. The molecule has 2 aromatic heterocycles. The van der Waals surface area contributed by atoms with Gasteiger partial charge < -0.3 is 19.0 Å². The van der Waals surface area contributed by atoms with E-state index in [1.54, 1.807) is 6.20 Å². The van der Waals surface area contributed by atoms with E-state index in [1.165, 1.54) is 0 Å². The van der Waals surface area contributed by atoms with Crippen molar-refractivity contribution in [1.29, 1.82) is 0 Å². The number of rotatable bonds is 4. The van der Waals surface area contributed by atoms with Gasteiger partial charge in [-0.1, -0.05) is 12.1 Å². The molecule has 1 aliphatic rings. The van der Waals surface area contributed by atoms with Crippen LogP contribution >= 0.6 is 0 Å². The van der Waals surface area contributed by atoms with E-state index in [0.717, 1.165) is 29.9 Å². The van der Waals surface area contributed by atoms with Gasteiger partial charge in [-0.2, -0.15) is 0 Å². The van der Waals surface area contributed by atoms with Gasteiger partial charge in [0.05, 0.1) is 0 Å². The summed E-state index contributed by atoms with van der Waals surface area (Å²) < 4.78 is 7.49. The smallest absolute Gasteiger partial charge is 0.253 e. The van der Waals surface area contributed by atoms with Gasteiger partial charge in [0, 0.05) is 43.7 Å². The number of furan rings is 1. The second kappa shape index (κ2) is 7.64. The molecule has 1 amide bonds. The Morgan fingerprint density at radius 3 is 2.46 bits per heavy atom. The summed E-state index contributed by atoms with van der Waals surface area (Å²) in [6.07, 6.45) is 4.48. The molecule has 28 heavy (non-hydrogen) atoms. The predicted molar refractivity (Wildman–Crippen MR) is 106 cm³/mol. The molecular formula is C22H25N3O3. The third-order valence-electron chi connectivity index (χ3n) is 5.55. The minimum Gasteiger partial charge on any atom is -0.461 e. The number of carbonyl (C=O) groups excluding carboxylic acids is 1. The maximum absolute atomic E-state index is 12.8. The van der Waals surface area contributed by atoms with E-state index in [2.05, 4.69) is 4.98 Å². The zero-order valence-corrected chi connectivity index (χ0v) is 16.2. The van der Waals surface area contributed by atoms with Crippen LogP contribution in [0, 0.1) is 12.8 Å². The minimum atomic E-state index is -0.590. The molecule has 1 unspecified atom stereocenters. The van der Waals surface area contributed by atoms with Crippen LogP contribution in [0.2, 0.25) is 0 Å². The first-order valence-electron chi connectivity index (χ1n) is 9.64. The van der Waals surface area contributed by atoms with Gasteiger partial charge in [0.2, 0.25) is 0 Å². The topological polar surface area (TPSA) is 71.5 Å². The quantitative estimate of drug-likeness (QED) is 0.752. The van der Waals surface area contributed by atoms with Crippen LogP contribution in [0.1, 0.15) is 40.9 Å². The Labute approximate surface area is 164 Å². The number of hydrogen-bond acceptors (Lipinski definition) is 4. The molecule has 1 N–H and O–H groups in total. The number of aromatic nitrogens is 2. The van der Waals surface area contributed by atoms with Crippen LogP contribution in [0.15, 0.2) is 53.2 Å². The second-order valence-corrected chi connectivity index (χ2v) is 7.46. The first kappa shape index (κ1) is 18.5. The number of benzene rings is 1. The van der Waals surface area contributed by atoms with Gasteiger partial charge in [-0.25, -0.2) is 4.98 Å². The fourth-order valence-corrected chi connectivity index (χ4v) is 3.84. The summed E-state index contributed by atoms with van der Waals surface area (Å²) in [5.74, 6) is 2.52. The number of amides is 1. The van der Waals surface area contributed by atoms with E-state index in [9.17, 15) is 9.90 Å². The lowest BCUT2D eigenvalue weighted by Crippen LogP contribution is -2.40. The molecule has 0 saturated carbocycles. The van der Waals surface area contributed by atoms with Gasteiger partial charge in [0.1, 0.15) is 23.4 Å².